The summed E-state index contributed by atoms with van der Waals surface area (Å²) in [7, 11) is 0. The SMILES string of the molecule is CCC1=C(CC)C2(CC2)CC1=O. The van der Waals surface area contributed by atoms with Crippen molar-refractivity contribution in [1.82, 2.24) is 0 Å². The van der Waals surface area contributed by atoms with Crippen LogP contribution in [-0.4, -0.2) is 5.78 Å². The average molecular weight is 164 g/mol. The zero-order valence-corrected chi connectivity index (χ0v) is 7.94. The molecule has 12 heavy (non-hydrogen) atoms. The van der Waals surface area contributed by atoms with Gasteiger partial charge in [-0.2, -0.15) is 0 Å². The van der Waals surface area contributed by atoms with Gasteiger partial charge in [0.2, 0.25) is 0 Å². The van der Waals surface area contributed by atoms with Crippen molar-refractivity contribution in [2.24, 2.45) is 5.41 Å². The number of hydrogen-bond donors (Lipinski definition) is 0. The third-order valence-corrected chi connectivity index (χ3v) is 3.40. The zero-order valence-electron chi connectivity index (χ0n) is 7.94. The van der Waals surface area contributed by atoms with Crippen molar-refractivity contribution in [3.8, 4) is 0 Å². The molecule has 1 heteroatoms. The number of ketones is 1. The molecule has 0 aromatic rings. The van der Waals surface area contributed by atoms with Crippen molar-refractivity contribution < 1.29 is 4.79 Å². The molecule has 0 unspecified atom stereocenters. The van der Waals surface area contributed by atoms with E-state index in [1.807, 2.05) is 0 Å². The molecule has 0 amide bonds. The Kier molecular flexibility index (Phi) is 1.64. The van der Waals surface area contributed by atoms with Crippen molar-refractivity contribution >= 4 is 5.78 Å². The van der Waals surface area contributed by atoms with Crippen LogP contribution in [0.5, 0.6) is 0 Å². The highest BCUT2D eigenvalue weighted by molar-refractivity contribution is 6.00. The van der Waals surface area contributed by atoms with E-state index < -0.39 is 0 Å². The van der Waals surface area contributed by atoms with E-state index in [0.29, 0.717) is 11.2 Å². The Labute approximate surface area is 73.8 Å². The van der Waals surface area contributed by atoms with Gasteiger partial charge in [0, 0.05) is 6.42 Å². The van der Waals surface area contributed by atoms with Crippen LogP contribution in [0.1, 0.15) is 46.0 Å². The Morgan fingerprint density at radius 1 is 1.25 bits per heavy atom. The Bertz CT molecular complexity index is 256. The standard InChI is InChI=1S/C11H16O/c1-3-8-9(4-2)11(5-6-11)7-10(8)12/h3-7H2,1-2H3. The summed E-state index contributed by atoms with van der Waals surface area (Å²) in [4.78, 5) is 11.6. The molecule has 2 rings (SSSR count). The predicted octanol–water partition coefficient (Wildman–Crippen LogP) is 2.86. The van der Waals surface area contributed by atoms with Crippen molar-refractivity contribution in [2.45, 2.75) is 46.0 Å². The fraction of sp³-hybridized carbons (Fsp3) is 0.727. The average Bonchev–Trinajstić information content (AvgIpc) is 2.73. The molecule has 66 valence electrons. The molecule has 0 aliphatic heterocycles. The van der Waals surface area contributed by atoms with Gasteiger partial charge in [-0.25, -0.2) is 0 Å². The molecule has 0 aromatic carbocycles. The molecule has 0 aromatic heterocycles. The minimum Gasteiger partial charge on any atom is -0.295 e. The van der Waals surface area contributed by atoms with Gasteiger partial charge in [-0.05, 0) is 36.7 Å². The largest absolute Gasteiger partial charge is 0.295 e. The Hall–Kier alpha value is -0.590. The second-order valence-electron chi connectivity index (χ2n) is 4.04. The smallest absolute Gasteiger partial charge is 0.159 e. The van der Waals surface area contributed by atoms with Crippen molar-refractivity contribution in [3.63, 3.8) is 0 Å². The van der Waals surface area contributed by atoms with Crippen LogP contribution in [0.3, 0.4) is 0 Å². The summed E-state index contributed by atoms with van der Waals surface area (Å²) < 4.78 is 0. The van der Waals surface area contributed by atoms with Crippen LogP contribution >= 0.6 is 0 Å². The number of allylic oxidation sites excluding steroid dienone is 2. The molecule has 1 fully saturated rings. The van der Waals surface area contributed by atoms with E-state index in [-0.39, 0.29) is 0 Å². The van der Waals surface area contributed by atoms with Crippen molar-refractivity contribution in [3.05, 3.63) is 11.1 Å². The molecule has 0 bridgehead atoms. The first kappa shape index (κ1) is 8.03. The van der Waals surface area contributed by atoms with Crippen LogP contribution in [0.25, 0.3) is 0 Å². The molecule has 1 spiro atoms. The predicted molar refractivity (Wildman–Crippen MR) is 48.9 cm³/mol. The van der Waals surface area contributed by atoms with E-state index in [4.69, 9.17) is 0 Å². The summed E-state index contributed by atoms with van der Waals surface area (Å²) in [5, 5.41) is 0. The third-order valence-electron chi connectivity index (χ3n) is 3.40. The Balaban J connectivity index is 2.37. The van der Waals surface area contributed by atoms with Gasteiger partial charge in [0.1, 0.15) is 0 Å². The Morgan fingerprint density at radius 3 is 2.33 bits per heavy atom. The summed E-state index contributed by atoms with van der Waals surface area (Å²) in [6, 6.07) is 0. The van der Waals surface area contributed by atoms with Crippen molar-refractivity contribution in [1.29, 1.82) is 0 Å². The van der Waals surface area contributed by atoms with E-state index in [1.165, 1.54) is 18.4 Å². The summed E-state index contributed by atoms with van der Waals surface area (Å²) in [6.45, 7) is 4.29. The summed E-state index contributed by atoms with van der Waals surface area (Å²) in [6.07, 6.45) is 5.41. The van der Waals surface area contributed by atoms with E-state index in [2.05, 4.69) is 13.8 Å². The first-order valence-electron chi connectivity index (χ1n) is 4.99. The number of carbonyl (C=O) groups is 1. The first-order valence-corrected chi connectivity index (χ1v) is 4.99. The lowest BCUT2D eigenvalue weighted by Gasteiger charge is -2.09. The van der Waals surface area contributed by atoms with E-state index in [9.17, 15) is 4.79 Å². The second kappa shape index (κ2) is 2.45. The lowest BCUT2D eigenvalue weighted by atomic mass is 9.95. The lowest BCUT2D eigenvalue weighted by molar-refractivity contribution is -0.115. The first-order chi connectivity index (χ1) is 5.73. The second-order valence-corrected chi connectivity index (χ2v) is 4.04. The molecule has 1 nitrogen and oxygen atoms in total. The maximum Gasteiger partial charge on any atom is 0.159 e. The summed E-state index contributed by atoms with van der Waals surface area (Å²) >= 11 is 0. The molecular formula is C11H16O. The van der Waals surface area contributed by atoms with Gasteiger partial charge >= 0.3 is 0 Å². The van der Waals surface area contributed by atoms with Crippen LogP contribution in [-0.2, 0) is 4.79 Å². The quantitative estimate of drug-likeness (QED) is 0.613. The van der Waals surface area contributed by atoms with Gasteiger partial charge in [-0.1, -0.05) is 19.4 Å². The minimum atomic E-state index is 0.386. The highest BCUT2D eigenvalue weighted by Crippen LogP contribution is 2.60. The topological polar surface area (TPSA) is 17.1 Å². The molecular weight excluding hydrogens is 148 g/mol. The number of hydrogen-bond acceptors (Lipinski definition) is 1. The normalized spacial score (nSPS) is 25.7. The van der Waals surface area contributed by atoms with Gasteiger partial charge < -0.3 is 0 Å². The van der Waals surface area contributed by atoms with E-state index >= 15 is 0 Å². The molecule has 1 saturated carbocycles. The molecule has 0 atom stereocenters. The summed E-state index contributed by atoms with van der Waals surface area (Å²) in [5.74, 6) is 0.437. The fourth-order valence-corrected chi connectivity index (χ4v) is 2.64. The van der Waals surface area contributed by atoms with Crippen LogP contribution in [0.2, 0.25) is 0 Å². The van der Waals surface area contributed by atoms with Crippen LogP contribution in [0, 0.1) is 5.41 Å². The van der Waals surface area contributed by atoms with Crippen LogP contribution < -0.4 is 0 Å². The van der Waals surface area contributed by atoms with Crippen molar-refractivity contribution in [2.75, 3.05) is 0 Å². The van der Waals surface area contributed by atoms with Gasteiger partial charge in [0.15, 0.2) is 5.78 Å². The van der Waals surface area contributed by atoms with Gasteiger partial charge in [-0.15, -0.1) is 0 Å². The highest BCUT2D eigenvalue weighted by Gasteiger charge is 2.52. The van der Waals surface area contributed by atoms with Gasteiger partial charge in [0.25, 0.3) is 0 Å². The Morgan fingerprint density at radius 2 is 1.92 bits per heavy atom. The molecule has 2 aliphatic rings. The maximum atomic E-state index is 11.6. The zero-order chi connectivity index (χ0) is 8.77. The summed E-state index contributed by atoms with van der Waals surface area (Å²) in [5.41, 5.74) is 3.04. The monoisotopic (exact) mass is 164 g/mol. The van der Waals surface area contributed by atoms with Crippen LogP contribution in [0.15, 0.2) is 11.1 Å². The number of carbonyl (C=O) groups excluding carboxylic acids is 1. The molecule has 0 saturated heterocycles. The molecule has 2 aliphatic carbocycles. The highest BCUT2D eigenvalue weighted by atomic mass is 16.1. The van der Waals surface area contributed by atoms with Gasteiger partial charge in [0.05, 0.1) is 0 Å². The number of rotatable bonds is 2. The maximum absolute atomic E-state index is 11.6. The van der Waals surface area contributed by atoms with Crippen LogP contribution in [0.4, 0.5) is 0 Å². The van der Waals surface area contributed by atoms with Gasteiger partial charge in [-0.3, -0.25) is 4.79 Å². The molecule has 0 heterocycles. The number of Topliss-reactive ketones (excluding diaryl/α,β-unsaturated/α-hetero) is 1. The third kappa shape index (κ3) is 0.886. The van der Waals surface area contributed by atoms with E-state index in [0.717, 1.165) is 24.8 Å². The minimum absolute atomic E-state index is 0.386. The molecule has 0 radical (unpaired) electrons. The fourth-order valence-electron chi connectivity index (χ4n) is 2.64. The lowest BCUT2D eigenvalue weighted by Crippen LogP contribution is -1.99. The molecule has 0 N–H and O–H groups in total. The van der Waals surface area contributed by atoms with E-state index in [1.54, 1.807) is 0 Å².